The lowest BCUT2D eigenvalue weighted by Crippen LogP contribution is -2.45. The van der Waals surface area contributed by atoms with E-state index in [-0.39, 0.29) is 18.8 Å². The molecule has 0 aliphatic carbocycles. The summed E-state index contributed by atoms with van der Waals surface area (Å²) in [6, 6.07) is 4.13. The molecule has 3 atom stereocenters. The maximum absolute atomic E-state index is 14.0. The van der Waals surface area contributed by atoms with Crippen molar-refractivity contribution in [2.75, 3.05) is 13.2 Å². The van der Waals surface area contributed by atoms with Crippen molar-refractivity contribution >= 4 is 15.9 Å². The van der Waals surface area contributed by atoms with Gasteiger partial charge in [0, 0.05) is 16.0 Å². The maximum atomic E-state index is 14.0. The Kier molecular flexibility index (Phi) is 3.32. The molecule has 3 rings (SSSR count). The minimum atomic E-state index is -4.51. The van der Waals surface area contributed by atoms with Crippen LogP contribution >= 0.6 is 15.9 Å². The Balaban J connectivity index is 2.05. The molecule has 0 radical (unpaired) electrons. The molecule has 1 N–H and O–H groups in total. The van der Waals surface area contributed by atoms with Gasteiger partial charge in [0.25, 0.3) is 0 Å². The van der Waals surface area contributed by atoms with Gasteiger partial charge in [0.2, 0.25) is 0 Å². The van der Waals surface area contributed by atoms with Gasteiger partial charge in [-0.2, -0.15) is 18.7 Å². The highest BCUT2D eigenvalue weighted by Crippen LogP contribution is 2.48. The quantitative estimate of drug-likeness (QED) is 0.785. The monoisotopic (exact) mass is 355 g/mol. The van der Waals surface area contributed by atoms with Crippen LogP contribution in [0.4, 0.5) is 17.6 Å². The molecule has 20 heavy (non-hydrogen) atoms. The van der Waals surface area contributed by atoms with Crippen molar-refractivity contribution in [2.24, 2.45) is 5.92 Å². The van der Waals surface area contributed by atoms with Gasteiger partial charge in [0.05, 0.1) is 13.2 Å². The summed E-state index contributed by atoms with van der Waals surface area (Å²) in [4.78, 5) is 4.98. The van der Waals surface area contributed by atoms with Gasteiger partial charge in [-0.3, -0.25) is 0 Å². The lowest BCUT2D eigenvalue weighted by molar-refractivity contribution is -0.219. The fraction of sp³-hybridized carbons (Fsp3) is 0.500. The number of hydrogen-bond acceptors (Lipinski definition) is 3. The zero-order chi connectivity index (χ0) is 14.5. The molecular weight excluding hydrogens is 346 g/mol. The van der Waals surface area contributed by atoms with Crippen molar-refractivity contribution in [3.63, 3.8) is 0 Å². The Morgan fingerprint density at radius 2 is 2.10 bits per heavy atom. The number of hydrogen-bond donors (Lipinski definition) is 1. The molecule has 0 aromatic heterocycles. The van der Waals surface area contributed by atoms with Crippen LogP contribution in [0, 0.1) is 11.7 Å². The summed E-state index contributed by atoms with van der Waals surface area (Å²) < 4.78 is 58.3. The second-order valence-corrected chi connectivity index (χ2v) is 5.80. The minimum Gasteiger partial charge on any atom is -0.366 e. The Hall–Kier alpha value is -0.700. The van der Waals surface area contributed by atoms with E-state index in [4.69, 9.17) is 9.57 Å². The molecule has 2 aliphatic heterocycles. The molecule has 1 aromatic rings. The van der Waals surface area contributed by atoms with Crippen LogP contribution < -0.4 is 5.48 Å². The van der Waals surface area contributed by atoms with Crippen molar-refractivity contribution < 1.29 is 27.1 Å². The Labute approximate surface area is 120 Å². The average Bonchev–Trinajstić information content (AvgIpc) is 2.89. The van der Waals surface area contributed by atoms with Gasteiger partial charge in [-0.15, -0.1) is 0 Å². The second-order valence-electron chi connectivity index (χ2n) is 4.89. The van der Waals surface area contributed by atoms with Crippen LogP contribution in [0.15, 0.2) is 22.7 Å². The maximum Gasteiger partial charge on any atom is 0.415 e. The zero-order valence-electron chi connectivity index (χ0n) is 10.0. The Morgan fingerprint density at radius 3 is 2.80 bits per heavy atom. The molecule has 2 aliphatic rings. The van der Waals surface area contributed by atoms with Crippen LogP contribution in [0.5, 0.6) is 0 Å². The van der Waals surface area contributed by atoms with Gasteiger partial charge in [0.1, 0.15) is 11.4 Å². The molecule has 3 nitrogen and oxygen atoms in total. The van der Waals surface area contributed by atoms with Crippen molar-refractivity contribution in [3.8, 4) is 0 Å². The number of alkyl halides is 3. The molecule has 0 saturated carbocycles. The van der Waals surface area contributed by atoms with Crippen molar-refractivity contribution in [2.45, 2.75) is 17.8 Å². The first-order chi connectivity index (χ1) is 9.34. The largest absolute Gasteiger partial charge is 0.415 e. The van der Waals surface area contributed by atoms with Gasteiger partial charge < -0.3 is 9.57 Å². The number of hydroxylamine groups is 1. The first kappa shape index (κ1) is 14.2. The molecule has 0 amide bonds. The van der Waals surface area contributed by atoms with E-state index in [1.165, 1.54) is 18.2 Å². The standard InChI is InChI=1S/C12H10BrF4NO2/c13-6-1-2-9(14)7(3-6)11-5-19-10(12(15,16)17)8(11)4-20-18-11/h1-3,8,10,18H,4-5H2/t8-,10+,11-/m1/s1. The predicted octanol–water partition coefficient (Wildman–Crippen LogP) is 2.90. The summed E-state index contributed by atoms with van der Waals surface area (Å²) in [5.74, 6) is -1.62. The van der Waals surface area contributed by atoms with E-state index < -0.39 is 29.6 Å². The lowest BCUT2D eigenvalue weighted by atomic mass is 9.79. The molecule has 2 heterocycles. The second kappa shape index (κ2) is 4.66. The summed E-state index contributed by atoms with van der Waals surface area (Å²) in [5, 5.41) is 0. The van der Waals surface area contributed by atoms with E-state index in [0.29, 0.717) is 4.47 Å². The molecular formula is C12H10BrF4NO2. The van der Waals surface area contributed by atoms with Crippen LogP contribution in [-0.2, 0) is 15.1 Å². The highest BCUT2D eigenvalue weighted by Gasteiger charge is 2.63. The van der Waals surface area contributed by atoms with Crippen molar-refractivity contribution in [1.82, 2.24) is 5.48 Å². The molecule has 2 fully saturated rings. The van der Waals surface area contributed by atoms with Gasteiger partial charge in [-0.25, -0.2) is 4.39 Å². The highest BCUT2D eigenvalue weighted by atomic mass is 79.9. The topological polar surface area (TPSA) is 30.5 Å². The van der Waals surface area contributed by atoms with Crippen molar-refractivity contribution in [1.29, 1.82) is 0 Å². The minimum absolute atomic E-state index is 0.112. The van der Waals surface area contributed by atoms with E-state index in [9.17, 15) is 17.6 Å². The summed E-state index contributed by atoms with van der Waals surface area (Å²) in [5.41, 5.74) is 1.33. The summed E-state index contributed by atoms with van der Waals surface area (Å²) >= 11 is 3.19. The third-order valence-corrected chi connectivity index (χ3v) is 4.23. The lowest BCUT2D eigenvalue weighted by Gasteiger charge is -2.28. The number of ether oxygens (including phenoxy) is 1. The summed E-state index contributed by atoms with van der Waals surface area (Å²) in [7, 11) is 0. The number of halogens is 5. The number of fused-ring (bicyclic) bond motifs is 1. The molecule has 1 aromatic carbocycles. The average molecular weight is 356 g/mol. The van der Waals surface area contributed by atoms with Gasteiger partial charge in [-0.05, 0) is 18.2 Å². The molecule has 0 bridgehead atoms. The SMILES string of the molecule is Fc1ccc(Br)cc1[C@]12CO[C@H](C(F)(F)F)[C@H]1CON2. The van der Waals surface area contributed by atoms with E-state index in [2.05, 4.69) is 21.4 Å². The normalized spacial score (nSPS) is 33.5. The fourth-order valence-corrected chi connectivity index (χ4v) is 3.15. The third-order valence-electron chi connectivity index (χ3n) is 3.74. The molecule has 0 unspecified atom stereocenters. The van der Waals surface area contributed by atoms with Crippen LogP contribution in [0.3, 0.4) is 0 Å². The third kappa shape index (κ3) is 2.05. The molecule has 110 valence electrons. The summed E-state index contributed by atoms with van der Waals surface area (Å²) in [6.45, 7) is -0.481. The Morgan fingerprint density at radius 1 is 1.35 bits per heavy atom. The Bertz CT molecular complexity index is 539. The predicted molar refractivity (Wildman–Crippen MR) is 64.2 cm³/mol. The number of rotatable bonds is 1. The van der Waals surface area contributed by atoms with E-state index in [0.717, 1.165) is 0 Å². The van der Waals surface area contributed by atoms with E-state index in [1.54, 1.807) is 0 Å². The van der Waals surface area contributed by atoms with Crippen LogP contribution in [0.25, 0.3) is 0 Å². The first-order valence-electron chi connectivity index (χ1n) is 5.87. The smallest absolute Gasteiger partial charge is 0.366 e. The zero-order valence-corrected chi connectivity index (χ0v) is 11.6. The van der Waals surface area contributed by atoms with Gasteiger partial charge >= 0.3 is 6.18 Å². The molecule has 8 heteroatoms. The van der Waals surface area contributed by atoms with Gasteiger partial charge in [-0.1, -0.05) is 15.9 Å². The van der Waals surface area contributed by atoms with Crippen LogP contribution in [-0.4, -0.2) is 25.5 Å². The molecule has 2 saturated heterocycles. The van der Waals surface area contributed by atoms with Gasteiger partial charge in [0.15, 0.2) is 6.10 Å². The van der Waals surface area contributed by atoms with E-state index in [1.807, 2.05) is 0 Å². The van der Waals surface area contributed by atoms with Crippen LogP contribution in [0.1, 0.15) is 5.56 Å². The van der Waals surface area contributed by atoms with Crippen molar-refractivity contribution in [3.05, 3.63) is 34.1 Å². The van der Waals surface area contributed by atoms with E-state index >= 15 is 0 Å². The first-order valence-corrected chi connectivity index (χ1v) is 6.67. The number of benzene rings is 1. The summed E-state index contributed by atoms with van der Waals surface area (Å²) in [6.07, 6.45) is -6.47. The highest BCUT2D eigenvalue weighted by molar-refractivity contribution is 9.10. The fourth-order valence-electron chi connectivity index (χ4n) is 2.79. The number of nitrogens with one attached hydrogen (secondary N) is 1. The van der Waals surface area contributed by atoms with Crippen LogP contribution in [0.2, 0.25) is 0 Å². The molecule has 0 spiro atoms.